The molecule has 0 spiro atoms. The van der Waals surface area contributed by atoms with Gasteiger partial charge in [0.05, 0.1) is 0 Å². The number of amides is 1. The molecule has 94 valence electrons. The summed E-state index contributed by atoms with van der Waals surface area (Å²) in [6, 6.07) is -0.808. The number of carboxylic acids is 1. The molecule has 0 aromatic heterocycles. The molecule has 0 aliphatic heterocycles. The number of carbonyl (C=O) groups is 2. The van der Waals surface area contributed by atoms with Gasteiger partial charge < -0.3 is 21.9 Å². The summed E-state index contributed by atoms with van der Waals surface area (Å²) in [4.78, 5) is 22.1. The van der Waals surface area contributed by atoms with Crippen molar-refractivity contribution in [2.45, 2.75) is 38.1 Å². The first-order valence-corrected chi connectivity index (χ1v) is 5.54. The molecule has 0 aliphatic rings. The van der Waals surface area contributed by atoms with Crippen molar-refractivity contribution in [3.05, 3.63) is 0 Å². The second-order valence-corrected chi connectivity index (χ2v) is 3.64. The molecule has 6 N–H and O–H groups in total. The predicted molar refractivity (Wildman–Crippen MR) is 60.8 cm³/mol. The number of nitrogens with one attached hydrogen (secondary N) is 1. The molecule has 0 saturated carbocycles. The lowest BCUT2D eigenvalue weighted by molar-refractivity contribution is -0.142. The second-order valence-electron chi connectivity index (χ2n) is 3.64. The zero-order valence-corrected chi connectivity index (χ0v) is 9.45. The first-order valence-electron chi connectivity index (χ1n) is 5.54. The number of aliphatic carboxylic acids is 1. The molecule has 6 nitrogen and oxygen atoms in total. The van der Waals surface area contributed by atoms with E-state index < -0.39 is 12.0 Å². The van der Waals surface area contributed by atoms with E-state index in [4.69, 9.17) is 16.6 Å². The minimum absolute atomic E-state index is 0.259. The molecule has 0 radical (unpaired) electrons. The smallest absolute Gasteiger partial charge is 0.326 e. The van der Waals surface area contributed by atoms with Crippen LogP contribution in [-0.2, 0) is 9.59 Å². The van der Waals surface area contributed by atoms with E-state index in [1.54, 1.807) is 0 Å². The van der Waals surface area contributed by atoms with E-state index in [1.165, 1.54) is 0 Å². The van der Waals surface area contributed by atoms with Crippen LogP contribution in [0.15, 0.2) is 0 Å². The average Bonchev–Trinajstić information content (AvgIpc) is 2.25. The molecule has 0 heterocycles. The fourth-order valence-electron chi connectivity index (χ4n) is 1.28. The van der Waals surface area contributed by atoms with Crippen LogP contribution in [0.1, 0.15) is 32.1 Å². The van der Waals surface area contributed by atoms with Gasteiger partial charge in [-0.2, -0.15) is 0 Å². The maximum absolute atomic E-state index is 11.3. The molecule has 0 rings (SSSR count). The molecule has 0 unspecified atom stereocenters. The lowest BCUT2D eigenvalue weighted by Crippen LogP contribution is -2.40. The second kappa shape index (κ2) is 9.11. The summed E-state index contributed by atoms with van der Waals surface area (Å²) < 4.78 is 0. The molecule has 0 aromatic rings. The van der Waals surface area contributed by atoms with Crippen LogP contribution in [-0.4, -0.2) is 36.1 Å². The topological polar surface area (TPSA) is 118 Å². The number of rotatable bonds is 9. The summed E-state index contributed by atoms with van der Waals surface area (Å²) in [5.74, 6) is -1.26. The van der Waals surface area contributed by atoms with Crippen molar-refractivity contribution in [3.8, 4) is 0 Å². The summed E-state index contributed by atoms with van der Waals surface area (Å²) in [7, 11) is 0. The standard InChI is InChI=1S/C10H21N3O3/c11-6-2-1-4-8(10(15)16)13-9(14)5-3-7-12/h8H,1-7,11-12H2,(H,13,14)(H,15,16)/t8-/m0/s1. The maximum Gasteiger partial charge on any atom is 0.326 e. The van der Waals surface area contributed by atoms with Crippen LogP contribution in [0.25, 0.3) is 0 Å². The largest absolute Gasteiger partial charge is 0.480 e. The Bertz CT molecular complexity index is 221. The van der Waals surface area contributed by atoms with E-state index in [2.05, 4.69) is 5.32 Å². The molecular formula is C10H21N3O3. The number of nitrogens with two attached hydrogens (primary N) is 2. The minimum atomic E-state index is -1.00. The quantitative estimate of drug-likeness (QED) is 0.396. The Kier molecular flexibility index (Phi) is 8.46. The number of carbonyl (C=O) groups excluding carboxylic acids is 1. The van der Waals surface area contributed by atoms with Crippen molar-refractivity contribution in [1.29, 1.82) is 0 Å². The molecule has 0 fully saturated rings. The van der Waals surface area contributed by atoms with Crippen molar-refractivity contribution in [2.24, 2.45) is 11.5 Å². The fourth-order valence-corrected chi connectivity index (χ4v) is 1.28. The molecule has 6 heteroatoms. The van der Waals surface area contributed by atoms with Crippen molar-refractivity contribution < 1.29 is 14.7 Å². The first-order chi connectivity index (χ1) is 7.61. The van der Waals surface area contributed by atoms with Crippen molar-refractivity contribution >= 4 is 11.9 Å². The van der Waals surface area contributed by atoms with Gasteiger partial charge in [-0.3, -0.25) is 4.79 Å². The van der Waals surface area contributed by atoms with E-state index in [-0.39, 0.29) is 12.3 Å². The molecular weight excluding hydrogens is 210 g/mol. The molecule has 0 bridgehead atoms. The van der Waals surface area contributed by atoms with E-state index in [0.717, 1.165) is 6.42 Å². The van der Waals surface area contributed by atoms with Crippen LogP contribution in [0.5, 0.6) is 0 Å². The molecule has 0 aliphatic carbocycles. The molecule has 0 aromatic carbocycles. The lowest BCUT2D eigenvalue weighted by Gasteiger charge is -2.13. The van der Waals surface area contributed by atoms with Gasteiger partial charge in [0.2, 0.25) is 5.91 Å². The van der Waals surface area contributed by atoms with Crippen molar-refractivity contribution in [2.75, 3.05) is 13.1 Å². The number of carboxylic acid groups (broad SMARTS) is 1. The van der Waals surface area contributed by atoms with Gasteiger partial charge in [-0.25, -0.2) is 4.79 Å². The summed E-state index contributed by atoms with van der Waals surface area (Å²) in [6.07, 6.45) is 2.73. The zero-order chi connectivity index (χ0) is 12.4. The Morgan fingerprint density at radius 2 is 1.75 bits per heavy atom. The fraction of sp³-hybridized carbons (Fsp3) is 0.800. The van der Waals surface area contributed by atoms with Gasteiger partial charge in [-0.05, 0) is 38.8 Å². The summed E-state index contributed by atoms with van der Waals surface area (Å²) >= 11 is 0. The molecule has 1 amide bonds. The summed E-state index contributed by atoms with van der Waals surface area (Å²) in [6.45, 7) is 0.964. The Labute approximate surface area is 95.4 Å². The third-order valence-electron chi connectivity index (χ3n) is 2.19. The summed E-state index contributed by atoms with van der Waals surface area (Å²) in [5.41, 5.74) is 10.6. The predicted octanol–water partition coefficient (Wildman–Crippen LogP) is -0.576. The zero-order valence-electron chi connectivity index (χ0n) is 9.45. The highest BCUT2D eigenvalue weighted by molar-refractivity contribution is 5.83. The number of hydrogen-bond donors (Lipinski definition) is 4. The average molecular weight is 231 g/mol. The highest BCUT2D eigenvalue weighted by Crippen LogP contribution is 2.01. The van der Waals surface area contributed by atoms with Crippen LogP contribution in [0, 0.1) is 0 Å². The number of hydrogen-bond acceptors (Lipinski definition) is 4. The van der Waals surface area contributed by atoms with Crippen molar-refractivity contribution in [3.63, 3.8) is 0 Å². The van der Waals surface area contributed by atoms with Crippen LogP contribution in [0.4, 0.5) is 0 Å². The lowest BCUT2D eigenvalue weighted by atomic mass is 10.1. The van der Waals surface area contributed by atoms with Gasteiger partial charge in [0.15, 0.2) is 0 Å². The van der Waals surface area contributed by atoms with Gasteiger partial charge in [-0.15, -0.1) is 0 Å². The van der Waals surface area contributed by atoms with E-state index in [1.807, 2.05) is 0 Å². The third kappa shape index (κ3) is 7.19. The number of unbranched alkanes of at least 4 members (excludes halogenated alkanes) is 1. The van der Waals surface area contributed by atoms with E-state index in [9.17, 15) is 9.59 Å². The first kappa shape index (κ1) is 14.9. The molecule has 16 heavy (non-hydrogen) atoms. The molecule has 0 saturated heterocycles. The third-order valence-corrected chi connectivity index (χ3v) is 2.19. The Morgan fingerprint density at radius 3 is 2.25 bits per heavy atom. The van der Waals surface area contributed by atoms with E-state index >= 15 is 0 Å². The van der Waals surface area contributed by atoms with Gasteiger partial charge in [0, 0.05) is 6.42 Å². The Hall–Kier alpha value is -1.14. The van der Waals surface area contributed by atoms with Crippen LogP contribution in [0.2, 0.25) is 0 Å². The highest BCUT2D eigenvalue weighted by atomic mass is 16.4. The monoisotopic (exact) mass is 231 g/mol. The van der Waals surface area contributed by atoms with Crippen LogP contribution in [0.3, 0.4) is 0 Å². The van der Waals surface area contributed by atoms with Crippen LogP contribution >= 0.6 is 0 Å². The van der Waals surface area contributed by atoms with Gasteiger partial charge in [0.25, 0.3) is 0 Å². The highest BCUT2D eigenvalue weighted by Gasteiger charge is 2.18. The Morgan fingerprint density at radius 1 is 1.12 bits per heavy atom. The van der Waals surface area contributed by atoms with Crippen molar-refractivity contribution in [1.82, 2.24) is 5.32 Å². The Balaban J connectivity index is 3.92. The maximum atomic E-state index is 11.3. The summed E-state index contributed by atoms with van der Waals surface area (Å²) in [5, 5.41) is 11.4. The van der Waals surface area contributed by atoms with Gasteiger partial charge in [-0.1, -0.05) is 0 Å². The van der Waals surface area contributed by atoms with Gasteiger partial charge >= 0.3 is 5.97 Å². The van der Waals surface area contributed by atoms with Crippen LogP contribution < -0.4 is 16.8 Å². The minimum Gasteiger partial charge on any atom is -0.480 e. The molecule has 1 atom stereocenters. The SMILES string of the molecule is NCCCC[C@H](NC(=O)CCCN)C(=O)O. The normalized spacial score (nSPS) is 12.1. The van der Waals surface area contributed by atoms with E-state index in [0.29, 0.717) is 32.4 Å². The van der Waals surface area contributed by atoms with Gasteiger partial charge in [0.1, 0.15) is 6.04 Å².